The highest BCUT2D eigenvalue weighted by molar-refractivity contribution is 7.80. The minimum absolute atomic E-state index is 0.0239. The molecule has 0 N–H and O–H groups in total. The summed E-state index contributed by atoms with van der Waals surface area (Å²) in [5.74, 6) is 0.678. The maximum atomic E-state index is 11.6. The zero-order valence-electron chi connectivity index (χ0n) is 8.97. The van der Waals surface area contributed by atoms with Crippen molar-refractivity contribution in [3.63, 3.8) is 0 Å². The molecule has 1 fully saturated rings. The first-order valence-corrected chi connectivity index (χ1v) is 5.42. The number of rotatable bonds is 2. The van der Waals surface area contributed by atoms with Gasteiger partial charge < -0.3 is 14.4 Å². The second-order valence-corrected chi connectivity index (χ2v) is 3.94. The van der Waals surface area contributed by atoms with Crippen LogP contribution >= 0.6 is 12.6 Å². The highest BCUT2D eigenvalue weighted by Crippen LogP contribution is 2.28. The first-order chi connectivity index (χ1) is 7.72. The molecule has 0 aliphatic carbocycles. The van der Waals surface area contributed by atoms with Crippen LogP contribution in [0, 0.1) is 0 Å². The topological polar surface area (TPSA) is 38.8 Å². The fraction of sp³-hybridized carbons (Fsp3) is 0.364. The second kappa shape index (κ2) is 4.76. The smallest absolute Gasteiger partial charge is 0.253 e. The molecule has 0 aromatic heterocycles. The molecule has 1 amide bonds. The number of benzene rings is 1. The summed E-state index contributed by atoms with van der Waals surface area (Å²) in [6.45, 7) is 1.30. The van der Waals surface area contributed by atoms with Gasteiger partial charge in [0, 0.05) is 17.1 Å². The fourth-order valence-corrected chi connectivity index (χ4v) is 1.94. The van der Waals surface area contributed by atoms with Crippen molar-refractivity contribution < 1.29 is 14.3 Å². The number of carbonyl (C=O) groups excluding carboxylic acids is 1. The maximum absolute atomic E-state index is 11.6. The van der Waals surface area contributed by atoms with Gasteiger partial charge >= 0.3 is 0 Å². The lowest BCUT2D eigenvalue weighted by molar-refractivity contribution is -0.125. The molecule has 1 saturated heterocycles. The average molecular weight is 239 g/mol. The van der Waals surface area contributed by atoms with Crippen molar-refractivity contribution in [1.82, 2.24) is 0 Å². The summed E-state index contributed by atoms with van der Waals surface area (Å²) >= 11 is 4.30. The molecule has 1 heterocycles. The van der Waals surface area contributed by atoms with Gasteiger partial charge in [-0.15, -0.1) is 12.6 Å². The normalized spacial score (nSPS) is 16.4. The van der Waals surface area contributed by atoms with E-state index in [0.717, 1.165) is 10.6 Å². The Balaban J connectivity index is 2.26. The number of carbonyl (C=O) groups is 1. The molecule has 2 rings (SSSR count). The molecule has 0 spiro atoms. The van der Waals surface area contributed by atoms with Gasteiger partial charge in [0.1, 0.15) is 12.4 Å². The van der Waals surface area contributed by atoms with Gasteiger partial charge in [0.2, 0.25) is 0 Å². The molecule has 0 atom stereocenters. The molecular weight excluding hydrogens is 226 g/mol. The lowest BCUT2D eigenvalue weighted by Crippen LogP contribution is -2.41. The van der Waals surface area contributed by atoms with Crippen molar-refractivity contribution >= 4 is 24.2 Å². The minimum atomic E-state index is -0.0239. The third kappa shape index (κ3) is 2.15. The molecule has 1 aliphatic rings. The van der Waals surface area contributed by atoms with Crippen LogP contribution in [0.4, 0.5) is 5.69 Å². The van der Waals surface area contributed by atoms with E-state index in [2.05, 4.69) is 12.6 Å². The quantitative estimate of drug-likeness (QED) is 0.792. The highest BCUT2D eigenvalue weighted by Gasteiger charge is 2.20. The lowest BCUT2D eigenvalue weighted by Gasteiger charge is -2.27. The van der Waals surface area contributed by atoms with Crippen molar-refractivity contribution in [3.05, 3.63) is 18.2 Å². The second-order valence-electron chi connectivity index (χ2n) is 3.45. The third-order valence-corrected chi connectivity index (χ3v) is 2.81. The third-order valence-electron chi connectivity index (χ3n) is 2.46. The van der Waals surface area contributed by atoms with Gasteiger partial charge in [0.25, 0.3) is 5.91 Å². The first kappa shape index (κ1) is 11.3. The molecule has 16 heavy (non-hydrogen) atoms. The van der Waals surface area contributed by atoms with E-state index in [9.17, 15) is 4.79 Å². The van der Waals surface area contributed by atoms with E-state index in [-0.39, 0.29) is 12.5 Å². The Labute approximate surface area is 99.6 Å². The van der Waals surface area contributed by atoms with Crippen LogP contribution in [0.2, 0.25) is 0 Å². The average Bonchev–Trinajstić information content (AvgIpc) is 2.29. The Morgan fingerprint density at radius 2 is 2.31 bits per heavy atom. The fourth-order valence-electron chi connectivity index (χ4n) is 1.64. The summed E-state index contributed by atoms with van der Waals surface area (Å²) < 4.78 is 10.2. The zero-order valence-corrected chi connectivity index (χ0v) is 9.87. The molecule has 1 aromatic rings. The molecule has 0 radical (unpaired) electrons. The number of hydrogen-bond acceptors (Lipinski definition) is 4. The van der Waals surface area contributed by atoms with Crippen LogP contribution in [0.1, 0.15) is 0 Å². The van der Waals surface area contributed by atoms with E-state index in [4.69, 9.17) is 9.47 Å². The number of methoxy groups -OCH3 is 1. The molecule has 0 bridgehead atoms. The standard InChI is InChI=1S/C11H13NO3S/c1-14-9-3-2-8(6-10(9)16)12-4-5-15-7-11(12)13/h2-3,6,16H,4-5,7H2,1H3. The van der Waals surface area contributed by atoms with Gasteiger partial charge in [0.15, 0.2) is 0 Å². The number of ether oxygens (including phenoxy) is 2. The van der Waals surface area contributed by atoms with Crippen molar-refractivity contribution in [1.29, 1.82) is 0 Å². The molecule has 4 nitrogen and oxygen atoms in total. The molecule has 1 aliphatic heterocycles. The summed E-state index contributed by atoms with van der Waals surface area (Å²) in [7, 11) is 1.59. The van der Waals surface area contributed by atoms with Gasteiger partial charge in [-0.05, 0) is 18.2 Å². The van der Waals surface area contributed by atoms with E-state index in [1.165, 1.54) is 0 Å². The predicted octanol–water partition coefficient (Wildman–Crippen LogP) is 1.35. The van der Waals surface area contributed by atoms with Crippen LogP contribution < -0.4 is 9.64 Å². The first-order valence-electron chi connectivity index (χ1n) is 4.97. The van der Waals surface area contributed by atoms with E-state index in [0.29, 0.717) is 18.9 Å². The summed E-state index contributed by atoms with van der Waals surface area (Å²) in [5.41, 5.74) is 0.833. The zero-order chi connectivity index (χ0) is 11.5. The van der Waals surface area contributed by atoms with Crippen molar-refractivity contribution in [2.24, 2.45) is 0 Å². The van der Waals surface area contributed by atoms with Gasteiger partial charge in [-0.2, -0.15) is 0 Å². The number of anilines is 1. The largest absolute Gasteiger partial charge is 0.496 e. The van der Waals surface area contributed by atoms with Crippen molar-refractivity contribution in [2.75, 3.05) is 31.8 Å². The number of amides is 1. The summed E-state index contributed by atoms with van der Waals surface area (Å²) in [6.07, 6.45) is 0. The van der Waals surface area contributed by atoms with Crippen LogP contribution in [-0.2, 0) is 9.53 Å². The number of nitrogens with zero attached hydrogens (tertiary/aromatic N) is 1. The lowest BCUT2D eigenvalue weighted by atomic mass is 10.2. The molecule has 0 saturated carbocycles. The Kier molecular flexibility index (Phi) is 3.36. The van der Waals surface area contributed by atoms with Gasteiger partial charge in [-0.1, -0.05) is 0 Å². The van der Waals surface area contributed by atoms with E-state index in [1.54, 1.807) is 18.1 Å². The number of morpholine rings is 1. The van der Waals surface area contributed by atoms with E-state index < -0.39 is 0 Å². The molecule has 0 unspecified atom stereocenters. The Hall–Kier alpha value is -1.20. The van der Waals surface area contributed by atoms with Gasteiger partial charge in [0.05, 0.1) is 13.7 Å². The van der Waals surface area contributed by atoms with Crippen LogP contribution in [-0.4, -0.2) is 32.8 Å². The van der Waals surface area contributed by atoms with Crippen LogP contribution in [0.5, 0.6) is 5.75 Å². The summed E-state index contributed by atoms with van der Waals surface area (Å²) in [4.78, 5) is 14.0. The molecule has 1 aromatic carbocycles. The number of hydrogen-bond donors (Lipinski definition) is 1. The number of thiol groups is 1. The Bertz CT molecular complexity index is 408. The van der Waals surface area contributed by atoms with Gasteiger partial charge in [-0.3, -0.25) is 4.79 Å². The predicted molar refractivity (Wildman–Crippen MR) is 63.4 cm³/mol. The van der Waals surface area contributed by atoms with Crippen LogP contribution in [0.3, 0.4) is 0 Å². The summed E-state index contributed by atoms with van der Waals surface area (Å²) in [6, 6.07) is 5.48. The molecule has 5 heteroatoms. The van der Waals surface area contributed by atoms with Crippen molar-refractivity contribution in [2.45, 2.75) is 4.90 Å². The molecule has 86 valence electrons. The summed E-state index contributed by atoms with van der Waals surface area (Å²) in [5, 5.41) is 0. The van der Waals surface area contributed by atoms with Crippen LogP contribution in [0.25, 0.3) is 0 Å². The molecular formula is C11H13NO3S. The maximum Gasteiger partial charge on any atom is 0.253 e. The van der Waals surface area contributed by atoms with Crippen LogP contribution in [0.15, 0.2) is 23.1 Å². The SMILES string of the molecule is COc1ccc(N2CCOCC2=O)cc1S. The minimum Gasteiger partial charge on any atom is -0.496 e. The van der Waals surface area contributed by atoms with Crippen molar-refractivity contribution in [3.8, 4) is 5.75 Å². The highest BCUT2D eigenvalue weighted by atomic mass is 32.1. The Morgan fingerprint density at radius 3 is 2.94 bits per heavy atom. The van der Waals surface area contributed by atoms with E-state index in [1.807, 2.05) is 12.1 Å². The van der Waals surface area contributed by atoms with Gasteiger partial charge in [-0.25, -0.2) is 0 Å². The Morgan fingerprint density at radius 1 is 1.50 bits per heavy atom. The monoisotopic (exact) mass is 239 g/mol. The van der Waals surface area contributed by atoms with E-state index >= 15 is 0 Å².